The molecule has 29 heavy (non-hydrogen) atoms. The van der Waals surface area contributed by atoms with E-state index in [0.29, 0.717) is 26.2 Å². The second-order valence-corrected chi connectivity index (χ2v) is 9.16. The second-order valence-electron chi connectivity index (χ2n) is 7.25. The highest BCUT2D eigenvalue weighted by atomic mass is 32.2. The van der Waals surface area contributed by atoms with Gasteiger partial charge in [-0.15, -0.1) is 0 Å². The van der Waals surface area contributed by atoms with Gasteiger partial charge in [0.2, 0.25) is 10.0 Å². The Kier molecular flexibility index (Phi) is 6.33. The van der Waals surface area contributed by atoms with Gasteiger partial charge in [-0.2, -0.15) is 9.57 Å². The third kappa shape index (κ3) is 4.65. The maximum Gasteiger partial charge on any atom is 0.279 e. The fraction of sp³-hybridized carbons (Fsp3) is 0.333. The molecule has 0 atom stereocenters. The number of sulfonamides is 1. The molecule has 1 aliphatic heterocycles. The van der Waals surface area contributed by atoms with E-state index in [1.807, 2.05) is 38.1 Å². The molecular weight excluding hydrogens is 388 g/mol. The van der Waals surface area contributed by atoms with Gasteiger partial charge in [0.15, 0.2) is 6.54 Å². The molecule has 2 N–H and O–H groups in total. The van der Waals surface area contributed by atoms with Crippen LogP contribution in [0.3, 0.4) is 0 Å². The van der Waals surface area contributed by atoms with Crippen LogP contribution in [0.5, 0.6) is 0 Å². The fourth-order valence-electron chi connectivity index (χ4n) is 3.56. The van der Waals surface area contributed by atoms with Gasteiger partial charge in [-0.25, -0.2) is 8.42 Å². The lowest BCUT2D eigenvalue weighted by atomic mass is 10.1. The van der Waals surface area contributed by atoms with Crippen LogP contribution in [0.2, 0.25) is 0 Å². The van der Waals surface area contributed by atoms with Crippen molar-refractivity contribution in [2.24, 2.45) is 0 Å². The highest BCUT2D eigenvalue weighted by Gasteiger charge is 2.32. The van der Waals surface area contributed by atoms with Gasteiger partial charge in [-0.1, -0.05) is 30.3 Å². The average molecular weight is 414 g/mol. The number of quaternary nitrogens is 1. The highest BCUT2D eigenvalue weighted by Crippen LogP contribution is 2.20. The standard InChI is InChI=1S/C21H24N4O3S/c1-16-6-5-7-17(2)21(16)23-20(26)15-24-10-12-25(13-11-24)29(27,28)19-9-4-3-8-18(19)14-22/h3-9H,10-13,15H2,1-2H3,(H,23,26)/p+1. The number of aryl methyl sites for hydroxylation is 2. The van der Waals surface area contributed by atoms with Crippen LogP contribution in [-0.4, -0.2) is 51.4 Å². The highest BCUT2D eigenvalue weighted by molar-refractivity contribution is 7.89. The molecule has 1 heterocycles. The SMILES string of the molecule is Cc1cccc(C)c1NC(=O)C[NH+]1CCN(S(=O)(=O)c2ccccc2C#N)CC1. The number of nitrogens with zero attached hydrogens (tertiary/aromatic N) is 2. The van der Waals surface area contributed by atoms with E-state index in [-0.39, 0.29) is 22.9 Å². The van der Waals surface area contributed by atoms with Crippen LogP contribution in [0.1, 0.15) is 16.7 Å². The minimum atomic E-state index is -3.72. The molecule has 1 saturated heterocycles. The monoisotopic (exact) mass is 413 g/mol. The molecule has 0 radical (unpaired) electrons. The molecule has 0 spiro atoms. The van der Waals surface area contributed by atoms with Crippen LogP contribution in [0.15, 0.2) is 47.4 Å². The van der Waals surface area contributed by atoms with Crippen LogP contribution >= 0.6 is 0 Å². The first-order chi connectivity index (χ1) is 13.8. The van der Waals surface area contributed by atoms with E-state index in [0.717, 1.165) is 21.7 Å². The average Bonchev–Trinajstić information content (AvgIpc) is 2.71. The molecule has 2 aromatic carbocycles. The number of rotatable bonds is 5. The van der Waals surface area contributed by atoms with Crippen molar-refractivity contribution in [1.29, 1.82) is 5.26 Å². The molecule has 0 aromatic heterocycles. The Balaban J connectivity index is 1.61. The van der Waals surface area contributed by atoms with E-state index in [1.54, 1.807) is 12.1 Å². The first kappa shape index (κ1) is 21.0. The first-order valence-corrected chi connectivity index (χ1v) is 11.0. The van der Waals surface area contributed by atoms with Gasteiger partial charge >= 0.3 is 0 Å². The quantitative estimate of drug-likeness (QED) is 0.755. The lowest BCUT2D eigenvalue weighted by Gasteiger charge is -2.31. The fourth-order valence-corrected chi connectivity index (χ4v) is 5.15. The van der Waals surface area contributed by atoms with Crippen molar-refractivity contribution < 1.29 is 18.1 Å². The lowest BCUT2D eigenvalue weighted by Crippen LogP contribution is -3.15. The van der Waals surface area contributed by atoms with Gasteiger partial charge in [0.25, 0.3) is 5.91 Å². The zero-order valence-corrected chi connectivity index (χ0v) is 17.4. The first-order valence-electron chi connectivity index (χ1n) is 9.52. The van der Waals surface area contributed by atoms with E-state index >= 15 is 0 Å². The van der Waals surface area contributed by atoms with Gasteiger partial charge < -0.3 is 10.2 Å². The number of amides is 1. The van der Waals surface area contributed by atoms with Crippen molar-refractivity contribution in [2.75, 3.05) is 38.0 Å². The largest absolute Gasteiger partial charge is 0.325 e. The van der Waals surface area contributed by atoms with Crippen molar-refractivity contribution in [1.82, 2.24) is 4.31 Å². The van der Waals surface area contributed by atoms with Crippen LogP contribution in [0.25, 0.3) is 0 Å². The number of piperazine rings is 1. The van der Waals surface area contributed by atoms with Gasteiger partial charge in [-0.05, 0) is 37.1 Å². The normalized spacial score (nSPS) is 15.6. The van der Waals surface area contributed by atoms with Gasteiger partial charge in [-0.3, -0.25) is 4.79 Å². The Bertz CT molecular complexity index is 1030. The number of anilines is 1. The number of hydrogen-bond acceptors (Lipinski definition) is 4. The number of hydrogen-bond donors (Lipinski definition) is 2. The molecule has 152 valence electrons. The van der Waals surface area contributed by atoms with Crippen LogP contribution in [0.4, 0.5) is 5.69 Å². The van der Waals surface area contributed by atoms with Gasteiger partial charge in [0.05, 0.1) is 36.6 Å². The smallest absolute Gasteiger partial charge is 0.279 e. The zero-order chi connectivity index (χ0) is 21.0. The zero-order valence-electron chi connectivity index (χ0n) is 16.6. The lowest BCUT2D eigenvalue weighted by molar-refractivity contribution is -0.895. The summed E-state index contributed by atoms with van der Waals surface area (Å²) in [5, 5.41) is 12.2. The summed E-state index contributed by atoms with van der Waals surface area (Å²) >= 11 is 0. The molecule has 1 amide bonds. The Morgan fingerprint density at radius 1 is 1.10 bits per heavy atom. The minimum absolute atomic E-state index is 0.0405. The van der Waals surface area contributed by atoms with E-state index in [1.165, 1.54) is 16.4 Å². The summed E-state index contributed by atoms with van der Waals surface area (Å²) in [5.74, 6) is -0.0801. The number of nitriles is 1. The summed E-state index contributed by atoms with van der Waals surface area (Å²) in [4.78, 5) is 13.5. The third-order valence-corrected chi connectivity index (χ3v) is 7.17. The van der Waals surface area contributed by atoms with E-state index in [9.17, 15) is 18.5 Å². The third-order valence-electron chi connectivity index (χ3n) is 5.21. The number of benzene rings is 2. The number of nitrogens with one attached hydrogen (secondary N) is 2. The molecule has 0 unspecified atom stereocenters. The Morgan fingerprint density at radius 3 is 2.34 bits per heavy atom. The van der Waals surface area contributed by atoms with Crippen molar-refractivity contribution >= 4 is 21.6 Å². The summed E-state index contributed by atoms with van der Waals surface area (Å²) in [6.45, 7) is 5.90. The molecule has 2 aromatic rings. The van der Waals surface area contributed by atoms with Crippen LogP contribution < -0.4 is 10.2 Å². The van der Waals surface area contributed by atoms with Gasteiger partial charge in [0, 0.05) is 5.69 Å². The Hall–Kier alpha value is -2.73. The number of para-hydroxylation sites is 1. The summed E-state index contributed by atoms with van der Waals surface area (Å²) in [7, 11) is -3.72. The maximum atomic E-state index is 12.9. The van der Waals surface area contributed by atoms with Crippen molar-refractivity contribution in [3.63, 3.8) is 0 Å². The summed E-state index contributed by atoms with van der Waals surface area (Å²) in [6, 6.07) is 14.0. The van der Waals surface area contributed by atoms with Crippen LogP contribution in [-0.2, 0) is 14.8 Å². The van der Waals surface area contributed by atoms with E-state index in [4.69, 9.17) is 0 Å². The molecule has 0 aliphatic carbocycles. The summed E-state index contributed by atoms with van der Waals surface area (Å²) in [5.41, 5.74) is 3.02. The van der Waals surface area contributed by atoms with Crippen molar-refractivity contribution in [2.45, 2.75) is 18.7 Å². The molecular formula is C21H25N4O3S+. The van der Waals surface area contributed by atoms with E-state index < -0.39 is 10.0 Å². The molecule has 0 bridgehead atoms. The molecule has 1 aliphatic rings. The molecule has 8 heteroatoms. The molecule has 1 fully saturated rings. The van der Waals surface area contributed by atoms with Crippen molar-refractivity contribution in [3.05, 3.63) is 59.2 Å². The maximum absolute atomic E-state index is 12.9. The summed E-state index contributed by atoms with van der Waals surface area (Å²) < 4.78 is 27.2. The predicted molar refractivity (Wildman–Crippen MR) is 110 cm³/mol. The van der Waals surface area contributed by atoms with Gasteiger partial charge in [0.1, 0.15) is 6.07 Å². The van der Waals surface area contributed by atoms with Crippen LogP contribution in [0, 0.1) is 25.2 Å². The number of carbonyl (C=O) groups is 1. The Labute approximate surface area is 171 Å². The molecule has 0 saturated carbocycles. The molecule has 7 nitrogen and oxygen atoms in total. The minimum Gasteiger partial charge on any atom is -0.325 e. The van der Waals surface area contributed by atoms with Crippen molar-refractivity contribution in [3.8, 4) is 6.07 Å². The number of carbonyl (C=O) groups excluding carboxylic acids is 1. The second kappa shape index (κ2) is 8.74. The summed E-state index contributed by atoms with van der Waals surface area (Å²) in [6.07, 6.45) is 0. The molecule has 3 rings (SSSR count). The topological polar surface area (TPSA) is 94.7 Å². The van der Waals surface area contributed by atoms with E-state index in [2.05, 4.69) is 5.32 Å². The Morgan fingerprint density at radius 2 is 1.72 bits per heavy atom. The predicted octanol–water partition coefficient (Wildman–Crippen LogP) is 0.703.